The van der Waals surface area contributed by atoms with Crippen LogP contribution in [0.25, 0.3) is 0 Å². The van der Waals surface area contributed by atoms with E-state index in [0.717, 1.165) is 0 Å². The van der Waals surface area contributed by atoms with Crippen molar-refractivity contribution in [3.8, 4) is 5.75 Å². The summed E-state index contributed by atoms with van der Waals surface area (Å²) in [5.41, 5.74) is 6.18. The minimum atomic E-state index is 0.301. The molecule has 2 aromatic rings. The van der Waals surface area contributed by atoms with E-state index in [1.807, 2.05) is 6.07 Å². The normalized spacial score (nSPS) is 10.4. The van der Waals surface area contributed by atoms with Crippen LogP contribution in [-0.2, 0) is 6.61 Å². The van der Waals surface area contributed by atoms with E-state index in [0.29, 0.717) is 33.8 Å². The molecular weight excluding hydrogens is 249 g/mol. The maximum atomic E-state index is 5.86. The summed E-state index contributed by atoms with van der Waals surface area (Å²) in [6.45, 7) is 0.301. The Labute approximate surface area is 103 Å². The van der Waals surface area contributed by atoms with Crippen LogP contribution in [-0.4, -0.2) is 0 Å². The highest BCUT2D eigenvalue weighted by molar-refractivity contribution is 6.42. The second kappa shape index (κ2) is 4.68. The van der Waals surface area contributed by atoms with Crippen LogP contribution in [0, 0.1) is 0 Å². The van der Waals surface area contributed by atoms with Gasteiger partial charge in [-0.3, -0.25) is 0 Å². The molecule has 0 atom stereocenters. The highest BCUT2D eigenvalue weighted by Gasteiger charge is 2.07. The molecular formula is C11H9Cl2NO2. The Morgan fingerprint density at radius 2 is 2.00 bits per heavy atom. The topological polar surface area (TPSA) is 48.4 Å². The zero-order valence-electron chi connectivity index (χ0n) is 8.24. The lowest BCUT2D eigenvalue weighted by Crippen LogP contribution is -1.98. The van der Waals surface area contributed by atoms with Crippen molar-refractivity contribution in [1.29, 1.82) is 0 Å². The van der Waals surface area contributed by atoms with Crippen LogP contribution in [0.3, 0.4) is 0 Å². The van der Waals surface area contributed by atoms with Gasteiger partial charge in [0.05, 0.1) is 22.0 Å². The first-order chi connectivity index (χ1) is 7.66. The Bertz CT molecular complexity index is 483. The van der Waals surface area contributed by atoms with Crippen LogP contribution in [0.15, 0.2) is 34.9 Å². The summed E-state index contributed by atoms with van der Waals surface area (Å²) < 4.78 is 10.6. The molecule has 1 aromatic heterocycles. The van der Waals surface area contributed by atoms with Crippen molar-refractivity contribution in [2.24, 2.45) is 0 Å². The van der Waals surface area contributed by atoms with Crippen LogP contribution in [0.1, 0.15) is 5.76 Å². The lowest BCUT2D eigenvalue weighted by Gasteiger charge is -2.08. The van der Waals surface area contributed by atoms with Crippen molar-refractivity contribution < 1.29 is 9.15 Å². The average Bonchev–Trinajstić information content (AvgIpc) is 2.74. The lowest BCUT2D eigenvalue weighted by molar-refractivity contribution is 0.272. The smallest absolute Gasteiger partial charge is 0.146 e. The van der Waals surface area contributed by atoms with Crippen LogP contribution in [0.4, 0.5) is 5.69 Å². The summed E-state index contributed by atoms with van der Waals surface area (Å²) in [6, 6.07) is 6.74. The monoisotopic (exact) mass is 257 g/mol. The van der Waals surface area contributed by atoms with E-state index in [1.54, 1.807) is 24.5 Å². The molecule has 0 fully saturated rings. The number of ether oxygens (including phenoxy) is 1. The number of hydrogen-bond donors (Lipinski definition) is 1. The second-order valence-electron chi connectivity index (χ2n) is 3.17. The molecule has 0 unspecified atom stereocenters. The average molecular weight is 258 g/mol. The molecule has 1 heterocycles. The zero-order chi connectivity index (χ0) is 11.5. The number of nitrogen functional groups attached to an aromatic ring is 1. The van der Waals surface area contributed by atoms with Gasteiger partial charge in [-0.2, -0.15) is 0 Å². The van der Waals surface area contributed by atoms with Gasteiger partial charge in [0.2, 0.25) is 0 Å². The van der Waals surface area contributed by atoms with E-state index in [2.05, 4.69) is 0 Å². The van der Waals surface area contributed by atoms with Gasteiger partial charge < -0.3 is 14.9 Å². The van der Waals surface area contributed by atoms with Gasteiger partial charge in [-0.15, -0.1) is 0 Å². The molecule has 2 N–H and O–H groups in total. The molecule has 1 aromatic carbocycles. The van der Waals surface area contributed by atoms with Gasteiger partial charge in [-0.05, 0) is 18.2 Å². The molecule has 16 heavy (non-hydrogen) atoms. The molecule has 0 saturated carbocycles. The Morgan fingerprint density at radius 3 is 2.69 bits per heavy atom. The number of anilines is 1. The van der Waals surface area contributed by atoms with Gasteiger partial charge in [0.15, 0.2) is 0 Å². The number of benzene rings is 1. The van der Waals surface area contributed by atoms with Crippen molar-refractivity contribution in [3.63, 3.8) is 0 Å². The maximum absolute atomic E-state index is 5.86. The third-order valence-corrected chi connectivity index (χ3v) is 2.72. The lowest BCUT2D eigenvalue weighted by atomic mass is 10.3. The third kappa shape index (κ3) is 2.43. The van der Waals surface area contributed by atoms with Crippen molar-refractivity contribution >= 4 is 28.9 Å². The summed E-state index contributed by atoms with van der Waals surface area (Å²) >= 11 is 11.7. The molecule has 0 aliphatic rings. The first-order valence-corrected chi connectivity index (χ1v) is 5.32. The predicted octanol–water partition coefficient (Wildman–Crippen LogP) is 3.75. The highest BCUT2D eigenvalue weighted by Crippen LogP contribution is 2.32. The van der Waals surface area contributed by atoms with Gasteiger partial charge in [0.25, 0.3) is 0 Å². The fourth-order valence-corrected chi connectivity index (χ4v) is 1.54. The van der Waals surface area contributed by atoms with Gasteiger partial charge >= 0.3 is 0 Å². The Balaban J connectivity index is 2.12. The van der Waals surface area contributed by atoms with Crippen LogP contribution >= 0.6 is 23.2 Å². The standard InChI is InChI=1S/C11H9Cl2NO2/c12-8-4-10(14)11(5-9(8)13)16-6-7-2-1-3-15-7/h1-5H,6,14H2. The molecule has 0 amide bonds. The fourth-order valence-electron chi connectivity index (χ4n) is 1.21. The minimum absolute atomic E-state index is 0.301. The summed E-state index contributed by atoms with van der Waals surface area (Å²) in [5, 5.41) is 0.815. The zero-order valence-corrected chi connectivity index (χ0v) is 9.76. The number of halogens is 2. The Hall–Kier alpha value is -1.32. The largest absolute Gasteiger partial charge is 0.483 e. The van der Waals surface area contributed by atoms with Gasteiger partial charge in [-0.1, -0.05) is 23.2 Å². The minimum Gasteiger partial charge on any atom is -0.483 e. The van der Waals surface area contributed by atoms with Crippen molar-refractivity contribution in [2.45, 2.75) is 6.61 Å². The number of furan rings is 1. The van der Waals surface area contributed by atoms with E-state index < -0.39 is 0 Å². The van der Waals surface area contributed by atoms with Gasteiger partial charge in [-0.25, -0.2) is 0 Å². The number of rotatable bonds is 3. The summed E-state index contributed by atoms with van der Waals surface area (Å²) in [7, 11) is 0. The Kier molecular flexibility index (Phi) is 3.27. The third-order valence-electron chi connectivity index (χ3n) is 2.00. The summed E-state index contributed by atoms with van der Waals surface area (Å²) in [4.78, 5) is 0. The molecule has 0 spiro atoms. The van der Waals surface area contributed by atoms with Crippen LogP contribution < -0.4 is 10.5 Å². The van der Waals surface area contributed by atoms with Crippen LogP contribution in [0.5, 0.6) is 5.75 Å². The molecule has 0 aliphatic carbocycles. The van der Waals surface area contributed by atoms with Crippen molar-refractivity contribution in [2.75, 3.05) is 5.73 Å². The van der Waals surface area contributed by atoms with Gasteiger partial charge in [0, 0.05) is 6.07 Å². The maximum Gasteiger partial charge on any atom is 0.146 e. The SMILES string of the molecule is Nc1cc(Cl)c(Cl)cc1OCc1ccco1. The fraction of sp³-hybridized carbons (Fsp3) is 0.0909. The summed E-state index contributed by atoms with van der Waals surface area (Å²) in [5.74, 6) is 1.20. The molecule has 0 aliphatic heterocycles. The molecule has 0 bridgehead atoms. The number of nitrogens with two attached hydrogens (primary N) is 1. The number of hydrogen-bond acceptors (Lipinski definition) is 3. The quantitative estimate of drug-likeness (QED) is 0.853. The Morgan fingerprint density at radius 1 is 1.25 bits per heavy atom. The van der Waals surface area contributed by atoms with Crippen molar-refractivity contribution in [1.82, 2.24) is 0 Å². The molecule has 84 valence electrons. The molecule has 2 rings (SSSR count). The van der Waals surface area contributed by atoms with Gasteiger partial charge in [0.1, 0.15) is 18.1 Å². The van der Waals surface area contributed by atoms with E-state index >= 15 is 0 Å². The highest BCUT2D eigenvalue weighted by atomic mass is 35.5. The first kappa shape index (κ1) is 11.2. The van der Waals surface area contributed by atoms with E-state index in [1.165, 1.54) is 0 Å². The molecule has 3 nitrogen and oxygen atoms in total. The summed E-state index contributed by atoms with van der Waals surface area (Å²) in [6.07, 6.45) is 1.58. The molecule has 0 radical (unpaired) electrons. The first-order valence-electron chi connectivity index (χ1n) is 4.56. The van der Waals surface area contributed by atoms with Crippen LogP contribution in [0.2, 0.25) is 10.0 Å². The van der Waals surface area contributed by atoms with Crippen molar-refractivity contribution in [3.05, 3.63) is 46.3 Å². The second-order valence-corrected chi connectivity index (χ2v) is 3.99. The molecule has 0 saturated heterocycles. The van der Waals surface area contributed by atoms with E-state index in [9.17, 15) is 0 Å². The van der Waals surface area contributed by atoms with E-state index in [-0.39, 0.29) is 0 Å². The van der Waals surface area contributed by atoms with E-state index in [4.69, 9.17) is 38.1 Å². The molecule has 5 heteroatoms. The predicted molar refractivity (Wildman–Crippen MR) is 63.9 cm³/mol.